The van der Waals surface area contributed by atoms with Crippen molar-refractivity contribution in [3.63, 3.8) is 0 Å². The molecule has 0 aliphatic heterocycles. The summed E-state index contributed by atoms with van der Waals surface area (Å²) < 4.78 is 5.02. The molecule has 2 heterocycles. The van der Waals surface area contributed by atoms with Gasteiger partial charge in [0, 0.05) is 40.3 Å². The maximum atomic E-state index is 10.2. The average molecular weight is 645 g/mol. The number of nitrogens with zero attached hydrogens (tertiary/aromatic N) is 2. The standard InChI is InChI=1S/C44H24N2S2/c45-25-27-8-7-10-30(20-27)44-36(28-16-18-42-38(21-28)34-12-3-5-14-40(34)47-42)23-32(33-11-2-1-9-31(33)26-46)24-37(44)29-17-19-43-39(22-29)35-13-4-6-15-41(35)48-43/h1-24H. The van der Waals surface area contributed by atoms with Crippen LogP contribution in [-0.2, 0) is 0 Å². The summed E-state index contributed by atoms with van der Waals surface area (Å²) in [7, 11) is 0. The second kappa shape index (κ2) is 11.3. The van der Waals surface area contributed by atoms with Gasteiger partial charge in [-0.2, -0.15) is 10.5 Å². The van der Waals surface area contributed by atoms with Crippen molar-refractivity contribution in [3.05, 3.63) is 157 Å². The smallest absolute Gasteiger partial charge is 0.0998 e. The van der Waals surface area contributed by atoms with E-state index in [1.807, 2.05) is 65.1 Å². The Hall–Kier alpha value is -6.04. The molecule has 2 nitrogen and oxygen atoms in total. The van der Waals surface area contributed by atoms with E-state index in [0.29, 0.717) is 11.1 Å². The van der Waals surface area contributed by atoms with Gasteiger partial charge in [0.2, 0.25) is 0 Å². The Morgan fingerprint density at radius 1 is 0.375 bits per heavy atom. The predicted molar refractivity (Wildman–Crippen MR) is 203 cm³/mol. The van der Waals surface area contributed by atoms with Crippen LogP contribution in [0, 0.1) is 22.7 Å². The molecule has 0 aliphatic carbocycles. The maximum Gasteiger partial charge on any atom is 0.0998 e. The van der Waals surface area contributed by atoms with Crippen LogP contribution in [0.2, 0.25) is 0 Å². The Balaban J connectivity index is 1.41. The van der Waals surface area contributed by atoms with Crippen LogP contribution in [0.5, 0.6) is 0 Å². The van der Waals surface area contributed by atoms with Crippen molar-refractivity contribution in [1.82, 2.24) is 0 Å². The highest BCUT2D eigenvalue weighted by Gasteiger charge is 2.20. The minimum absolute atomic E-state index is 0.613. The summed E-state index contributed by atoms with van der Waals surface area (Å²) in [4.78, 5) is 0. The van der Waals surface area contributed by atoms with Gasteiger partial charge in [-0.05, 0) is 111 Å². The number of thiophene rings is 2. The van der Waals surface area contributed by atoms with Crippen LogP contribution in [0.3, 0.4) is 0 Å². The SMILES string of the molecule is N#Cc1cccc(-c2c(-c3ccc4sc5ccccc5c4c3)cc(-c3ccccc3C#N)cc2-c2ccc3sc4ccccc4c3c2)c1. The highest BCUT2D eigenvalue weighted by Crippen LogP contribution is 2.47. The first kappa shape index (κ1) is 28.2. The fourth-order valence-corrected chi connectivity index (χ4v) is 9.10. The lowest BCUT2D eigenvalue weighted by molar-refractivity contribution is 1.47. The minimum atomic E-state index is 0.613. The molecule has 0 saturated heterocycles. The van der Waals surface area contributed by atoms with Crippen LogP contribution in [0.25, 0.3) is 84.9 Å². The second-order valence-electron chi connectivity index (χ2n) is 11.9. The summed E-state index contributed by atoms with van der Waals surface area (Å²) in [5, 5.41) is 25.0. The van der Waals surface area contributed by atoms with Gasteiger partial charge >= 0.3 is 0 Å². The zero-order chi connectivity index (χ0) is 32.2. The molecule has 0 fully saturated rings. The molecule has 4 heteroatoms. The van der Waals surface area contributed by atoms with Crippen molar-refractivity contribution < 1.29 is 0 Å². The molecule has 0 amide bonds. The van der Waals surface area contributed by atoms with Crippen LogP contribution in [0.15, 0.2) is 146 Å². The van der Waals surface area contributed by atoms with E-state index in [1.165, 1.54) is 40.3 Å². The lowest BCUT2D eigenvalue weighted by Crippen LogP contribution is -1.95. The van der Waals surface area contributed by atoms with Crippen molar-refractivity contribution in [3.8, 4) is 56.6 Å². The maximum absolute atomic E-state index is 10.2. The van der Waals surface area contributed by atoms with Gasteiger partial charge in [0.1, 0.15) is 0 Å². The fourth-order valence-electron chi connectivity index (χ4n) is 6.93. The largest absolute Gasteiger partial charge is 0.192 e. The molecule has 9 aromatic rings. The first-order chi connectivity index (χ1) is 23.7. The van der Waals surface area contributed by atoms with Gasteiger partial charge in [-0.25, -0.2) is 0 Å². The summed E-state index contributed by atoms with van der Waals surface area (Å²) in [6, 6.07) is 55.6. The topological polar surface area (TPSA) is 47.6 Å². The van der Waals surface area contributed by atoms with Gasteiger partial charge < -0.3 is 0 Å². The Labute approximate surface area is 285 Å². The van der Waals surface area contributed by atoms with Gasteiger partial charge in [0.25, 0.3) is 0 Å². The van der Waals surface area contributed by atoms with Crippen molar-refractivity contribution in [2.45, 2.75) is 0 Å². The van der Waals surface area contributed by atoms with E-state index in [4.69, 9.17) is 0 Å². The molecule has 0 saturated carbocycles. The third kappa shape index (κ3) is 4.59. The van der Waals surface area contributed by atoms with E-state index in [-0.39, 0.29) is 0 Å². The summed E-state index contributed by atoms with van der Waals surface area (Å²) in [6.45, 7) is 0. The first-order valence-corrected chi connectivity index (χ1v) is 17.3. The number of fused-ring (bicyclic) bond motifs is 6. The van der Waals surface area contributed by atoms with E-state index in [9.17, 15) is 10.5 Å². The highest BCUT2D eigenvalue weighted by molar-refractivity contribution is 7.26. The quantitative estimate of drug-likeness (QED) is 0.191. The van der Waals surface area contributed by atoms with Crippen molar-refractivity contribution in [2.24, 2.45) is 0 Å². The van der Waals surface area contributed by atoms with E-state index in [0.717, 1.165) is 44.5 Å². The predicted octanol–water partition coefficient (Wildman–Crippen LogP) is 12.8. The summed E-state index contributed by atoms with van der Waals surface area (Å²) >= 11 is 3.62. The lowest BCUT2D eigenvalue weighted by Gasteiger charge is -2.20. The monoisotopic (exact) mass is 644 g/mol. The third-order valence-electron chi connectivity index (χ3n) is 9.15. The van der Waals surface area contributed by atoms with Gasteiger partial charge in [0.15, 0.2) is 0 Å². The van der Waals surface area contributed by atoms with Crippen molar-refractivity contribution in [1.29, 1.82) is 10.5 Å². The summed E-state index contributed by atoms with van der Waals surface area (Å²) in [5.74, 6) is 0. The van der Waals surface area contributed by atoms with Crippen LogP contribution in [0.1, 0.15) is 11.1 Å². The molecule has 0 radical (unpaired) electrons. The number of benzene rings is 7. The Bertz CT molecular complexity index is 2690. The van der Waals surface area contributed by atoms with Crippen LogP contribution >= 0.6 is 22.7 Å². The molecular formula is C44H24N2S2. The fraction of sp³-hybridized carbons (Fsp3) is 0. The molecule has 2 aromatic heterocycles. The van der Waals surface area contributed by atoms with E-state index < -0.39 is 0 Å². The molecule has 0 N–H and O–H groups in total. The van der Waals surface area contributed by atoms with Gasteiger partial charge in [-0.3, -0.25) is 0 Å². The third-order valence-corrected chi connectivity index (χ3v) is 11.5. The van der Waals surface area contributed by atoms with Crippen molar-refractivity contribution >= 4 is 63.0 Å². The minimum Gasteiger partial charge on any atom is -0.192 e. The molecular weight excluding hydrogens is 621 g/mol. The number of hydrogen-bond acceptors (Lipinski definition) is 4. The second-order valence-corrected chi connectivity index (χ2v) is 14.1. The molecule has 0 unspecified atom stereocenters. The van der Waals surface area contributed by atoms with Crippen LogP contribution < -0.4 is 0 Å². The number of hydrogen-bond donors (Lipinski definition) is 0. The normalized spacial score (nSPS) is 11.3. The van der Waals surface area contributed by atoms with E-state index in [2.05, 4.69) is 115 Å². The molecule has 0 aliphatic rings. The highest BCUT2D eigenvalue weighted by atomic mass is 32.1. The molecule has 48 heavy (non-hydrogen) atoms. The zero-order valence-electron chi connectivity index (χ0n) is 25.6. The van der Waals surface area contributed by atoms with Crippen LogP contribution in [0.4, 0.5) is 0 Å². The van der Waals surface area contributed by atoms with Crippen LogP contribution in [-0.4, -0.2) is 0 Å². The van der Waals surface area contributed by atoms with Crippen molar-refractivity contribution in [2.75, 3.05) is 0 Å². The lowest BCUT2D eigenvalue weighted by atomic mass is 9.83. The zero-order valence-corrected chi connectivity index (χ0v) is 27.2. The van der Waals surface area contributed by atoms with Gasteiger partial charge in [-0.15, -0.1) is 22.7 Å². The molecule has 7 aromatic carbocycles. The Kier molecular flexibility index (Phi) is 6.66. The summed E-state index contributed by atoms with van der Waals surface area (Å²) in [5.41, 5.74) is 9.43. The Morgan fingerprint density at radius 2 is 0.938 bits per heavy atom. The molecule has 0 spiro atoms. The summed E-state index contributed by atoms with van der Waals surface area (Å²) in [6.07, 6.45) is 0. The van der Waals surface area contributed by atoms with E-state index >= 15 is 0 Å². The molecule has 0 bridgehead atoms. The molecule has 0 atom stereocenters. The Morgan fingerprint density at radius 3 is 1.54 bits per heavy atom. The van der Waals surface area contributed by atoms with Gasteiger partial charge in [-0.1, -0.05) is 78.9 Å². The average Bonchev–Trinajstić information content (AvgIpc) is 3.72. The number of nitriles is 2. The molecule has 222 valence electrons. The number of rotatable bonds is 4. The molecule has 9 rings (SSSR count). The first-order valence-electron chi connectivity index (χ1n) is 15.7. The van der Waals surface area contributed by atoms with Gasteiger partial charge in [0.05, 0.1) is 23.3 Å². The van der Waals surface area contributed by atoms with E-state index in [1.54, 1.807) is 0 Å².